The third kappa shape index (κ3) is 3.39. The van der Waals surface area contributed by atoms with E-state index in [0.29, 0.717) is 13.0 Å². The number of piperidine rings is 1. The highest BCUT2D eigenvalue weighted by molar-refractivity contribution is 5.20. The van der Waals surface area contributed by atoms with Crippen molar-refractivity contribution in [1.82, 2.24) is 4.90 Å². The van der Waals surface area contributed by atoms with Crippen molar-refractivity contribution < 1.29 is 4.39 Å². The Hall–Kier alpha value is -0.930. The van der Waals surface area contributed by atoms with Crippen molar-refractivity contribution in [1.29, 1.82) is 0 Å². The molecule has 0 amide bonds. The second-order valence-corrected chi connectivity index (χ2v) is 6.31. The van der Waals surface area contributed by atoms with Crippen LogP contribution >= 0.6 is 0 Å². The third-order valence-electron chi connectivity index (χ3n) is 4.92. The van der Waals surface area contributed by atoms with E-state index in [9.17, 15) is 4.39 Å². The lowest BCUT2D eigenvalue weighted by atomic mass is 9.86. The molecule has 0 radical (unpaired) electrons. The Morgan fingerprint density at radius 1 is 1.30 bits per heavy atom. The summed E-state index contributed by atoms with van der Waals surface area (Å²) in [5.41, 5.74) is 6.68. The van der Waals surface area contributed by atoms with Gasteiger partial charge in [-0.2, -0.15) is 0 Å². The highest BCUT2D eigenvalue weighted by Crippen LogP contribution is 2.28. The SMILES string of the molecule is CCC1CCN(C(C)(CN)Cc2ccccc2F)CC1. The standard InChI is InChI=1S/C17H27FN2/c1-3-14-8-10-20(11-9-14)17(2,13-19)12-15-6-4-5-7-16(15)18/h4-7,14H,3,8-13,19H2,1-2H3. The Bertz CT molecular complexity index is 427. The molecule has 2 rings (SSSR count). The van der Waals surface area contributed by atoms with Crippen molar-refractivity contribution in [3.8, 4) is 0 Å². The fourth-order valence-corrected chi connectivity index (χ4v) is 3.25. The minimum absolute atomic E-state index is 0.115. The molecule has 0 spiro atoms. The Kier molecular flexibility index (Phi) is 5.17. The molecule has 1 saturated heterocycles. The summed E-state index contributed by atoms with van der Waals surface area (Å²) in [5.74, 6) is 0.734. The summed E-state index contributed by atoms with van der Waals surface area (Å²) < 4.78 is 13.9. The van der Waals surface area contributed by atoms with Crippen LogP contribution in [0.2, 0.25) is 0 Å². The molecule has 112 valence electrons. The van der Waals surface area contributed by atoms with Gasteiger partial charge in [0.05, 0.1) is 0 Å². The first-order valence-corrected chi connectivity index (χ1v) is 7.77. The van der Waals surface area contributed by atoms with E-state index >= 15 is 0 Å². The molecule has 20 heavy (non-hydrogen) atoms. The smallest absolute Gasteiger partial charge is 0.126 e. The molecule has 0 saturated carbocycles. The number of halogens is 1. The summed E-state index contributed by atoms with van der Waals surface area (Å²) in [7, 11) is 0. The third-order valence-corrected chi connectivity index (χ3v) is 4.92. The average molecular weight is 278 g/mol. The van der Waals surface area contributed by atoms with E-state index in [4.69, 9.17) is 5.73 Å². The van der Waals surface area contributed by atoms with E-state index in [-0.39, 0.29) is 11.4 Å². The minimum atomic E-state index is -0.138. The molecule has 0 aromatic heterocycles. The summed E-state index contributed by atoms with van der Waals surface area (Å²) in [6.07, 6.45) is 4.43. The van der Waals surface area contributed by atoms with E-state index in [1.165, 1.54) is 25.3 Å². The number of hydrogen-bond donors (Lipinski definition) is 1. The van der Waals surface area contributed by atoms with Crippen LogP contribution in [0.15, 0.2) is 24.3 Å². The fourth-order valence-electron chi connectivity index (χ4n) is 3.25. The lowest BCUT2D eigenvalue weighted by Gasteiger charge is -2.44. The zero-order valence-electron chi connectivity index (χ0n) is 12.7. The van der Waals surface area contributed by atoms with Gasteiger partial charge in [-0.05, 0) is 56.8 Å². The minimum Gasteiger partial charge on any atom is -0.329 e. The molecule has 1 aliphatic heterocycles. The van der Waals surface area contributed by atoms with Crippen LogP contribution in [-0.2, 0) is 6.42 Å². The predicted octanol–water partition coefficient (Wildman–Crippen LogP) is 3.21. The van der Waals surface area contributed by atoms with Gasteiger partial charge in [-0.15, -0.1) is 0 Å². The molecule has 2 N–H and O–H groups in total. The van der Waals surface area contributed by atoms with Gasteiger partial charge in [0.1, 0.15) is 5.82 Å². The Morgan fingerprint density at radius 3 is 2.50 bits per heavy atom. The second kappa shape index (κ2) is 6.68. The zero-order valence-corrected chi connectivity index (χ0v) is 12.7. The number of nitrogens with zero attached hydrogens (tertiary/aromatic N) is 1. The van der Waals surface area contributed by atoms with E-state index in [0.717, 1.165) is 24.6 Å². The maximum Gasteiger partial charge on any atom is 0.126 e. The van der Waals surface area contributed by atoms with Gasteiger partial charge in [0, 0.05) is 12.1 Å². The van der Waals surface area contributed by atoms with Gasteiger partial charge in [0.25, 0.3) is 0 Å². The first-order valence-electron chi connectivity index (χ1n) is 7.77. The van der Waals surface area contributed by atoms with Gasteiger partial charge >= 0.3 is 0 Å². The van der Waals surface area contributed by atoms with Gasteiger partial charge in [-0.1, -0.05) is 31.5 Å². The van der Waals surface area contributed by atoms with E-state index in [1.807, 2.05) is 12.1 Å². The monoisotopic (exact) mass is 278 g/mol. The molecule has 1 fully saturated rings. The van der Waals surface area contributed by atoms with Crippen molar-refractivity contribution in [2.45, 2.75) is 45.1 Å². The van der Waals surface area contributed by atoms with Crippen LogP contribution in [0.4, 0.5) is 4.39 Å². The Labute approximate surface area is 122 Å². The van der Waals surface area contributed by atoms with Crippen LogP contribution in [0.1, 0.15) is 38.7 Å². The first-order chi connectivity index (χ1) is 9.59. The molecule has 1 heterocycles. The van der Waals surface area contributed by atoms with Gasteiger partial charge in [0.2, 0.25) is 0 Å². The van der Waals surface area contributed by atoms with E-state index in [1.54, 1.807) is 6.07 Å². The normalized spacial score (nSPS) is 20.8. The lowest BCUT2D eigenvalue weighted by Crippen LogP contribution is -2.55. The largest absolute Gasteiger partial charge is 0.329 e. The molecular weight excluding hydrogens is 251 g/mol. The van der Waals surface area contributed by atoms with Crippen LogP contribution in [0, 0.1) is 11.7 Å². The van der Waals surface area contributed by atoms with Crippen LogP contribution in [-0.4, -0.2) is 30.1 Å². The van der Waals surface area contributed by atoms with Crippen molar-refractivity contribution in [2.24, 2.45) is 11.7 Å². The number of nitrogens with two attached hydrogens (primary N) is 1. The van der Waals surface area contributed by atoms with Crippen molar-refractivity contribution in [2.75, 3.05) is 19.6 Å². The molecule has 1 atom stereocenters. The van der Waals surface area contributed by atoms with Crippen LogP contribution in [0.3, 0.4) is 0 Å². The summed E-state index contributed by atoms with van der Waals surface area (Å²) in [4.78, 5) is 2.46. The molecule has 1 aromatic rings. The van der Waals surface area contributed by atoms with Crippen molar-refractivity contribution in [3.05, 3.63) is 35.6 Å². The number of benzene rings is 1. The Morgan fingerprint density at radius 2 is 1.95 bits per heavy atom. The summed E-state index contributed by atoms with van der Waals surface area (Å²) in [6, 6.07) is 7.06. The highest BCUT2D eigenvalue weighted by atomic mass is 19.1. The molecule has 0 aliphatic carbocycles. The maximum absolute atomic E-state index is 13.9. The molecule has 3 heteroatoms. The van der Waals surface area contributed by atoms with E-state index in [2.05, 4.69) is 18.7 Å². The van der Waals surface area contributed by atoms with Gasteiger partial charge in [-0.25, -0.2) is 4.39 Å². The maximum atomic E-state index is 13.9. The van der Waals surface area contributed by atoms with Crippen molar-refractivity contribution >= 4 is 0 Å². The number of hydrogen-bond acceptors (Lipinski definition) is 2. The zero-order chi connectivity index (χ0) is 14.6. The van der Waals surface area contributed by atoms with Crippen LogP contribution in [0.5, 0.6) is 0 Å². The molecule has 2 nitrogen and oxygen atoms in total. The molecule has 1 aliphatic rings. The topological polar surface area (TPSA) is 29.3 Å². The summed E-state index contributed by atoms with van der Waals surface area (Å²) in [5, 5.41) is 0. The van der Waals surface area contributed by atoms with E-state index < -0.39 is 0 Å². The second-order valence-electron chi connectivity index (χ2n) is 6.31. The first kappa shape index (κ1) is 15.5. The quantitative estimate of drug-likeness (QED) is 0.896. The Balaban J connectivity index is 2.08. The lowest BCUT2D eigenvalue weighted by molar-refractivity contribution is 0.0661. The van der Waals surface area contributed by atoms with Crippen LogP contribution in [0.25, 0.3) is 0 Å². The molecule has 1 aromatic carbocycles. The van der Waals surface area contributed by atoms with Crippen molar-refractivity contribution in [3.63, 3.8) is 0 Å². The van der Waals surface area contributed by atoms with Gasteiger partial charge < -0.3 is 5.73 Å². The van der Waals surface area contributed by atoms with Gasteiger partial charge in [-0.3, -0.25) is 4.90 Å². The number of rotatable bonds is 5. The summed E-state index contributed by atoms with van der Waals surface area (Å²) in [6.45, 7) is 7.17. The number of likely N-dealkylation sites (tertiary alicyclic amines) is 1. The molecule has 0 bridgehead atoms. The van der Waals surface area contributed by atoms with Gasteiger partial charge in [0.15, 0.2) is 0 Å². The molecule has 1 unspecified atom stereocenters. The molecular formula is C17H27FN2. The predicted molar refractivity (Wildman–Crippen MR) is 82.2 cm³/mol. The summed E-state index contributed by atoms with van der Waals surface area (Å²) >= 11 is 0. The highest BCUT2D eigenvalue weighted by Gasteiger charge is 2.33. The van der Waals surface area contributed by atoms with Crippen LogP contribution < -0.4 is 5.73 Å². The fraction of sp³-hybridized carbons (Fsp3) is 0.647. The average Bonchev–Trinajstić information content (AvgIpc) is 2.49.